The van der Waals surface area contributed by atoms with E-state index in [0.29, 0.717) is 11.3 Å². The third-order valence-electron chi connectivity index (χ3n) is 3.89. The third-order valence-corrected chi connectivity index (χ3v) is 5.06. The van der Waals surface area contributed by atoms with Crippen LogP contribution in [-0.2, 0) is 5.75 Å². The van der Waals surface area contributed by atoms with Crippen molar-refractivity contribution in [2.45, 2.75) is 5.75 Å². The predicted octanol–water partition coefficient (Wildman–Crippen LogP) is 4.14. The molecule has 3 nitrogen and oxygen atoms in total. The lowest BCUT2D eigenvalue weighted by Crippen LogP contribution is -2.38. The van der Waals surface area contributed by atoms with Crippen molar-refractivity contribution in [3.05, 3.63) is 107 Å². The first-order chi connectivity index (χ1) is 12.8. The van der Waals surface area contributed by atoms with Gasteiger partial charge >= 0.3 is 0 Å². The quantitative estimate of drug-likeness (QED) is 0.390. The molecule has 0 saturated heterocycles. The summed E-state index contributed by atoms with van der Waals surface area (Å²) in [6.07, 6.45) is 3.80. The minimum atomic E-state index is -0.00767. The first kappa shape index (κ1) is 18.0. The van der Waals surface area contributed by atoms with Gasteiger partial charge in [0.2, 0.25) is 0 Å². The smallest absolute Gasteiger partial charge is 0.288 e. The van der Waals surface area contributed by atoms with Gasteiger partial charge in [0.05, 0.1) is 0 Å². The highest BCUT2D eigenvalue weighted by atomic mass is 32.2. The zero-order valence-electron chi connectivity index (χ0n) is 14.6. The highest BCUT2D eigenvalue weighted by Crippen LogP contribution is 2.24. The van der Waals surface area contributed by atoms with E-state index in [4.69, 9.17) is 0 Å². The lowest BCUT2D eigenvalue weighted by Gasteiger charge is -2.10. The van der Waals surface area contributed by atoms with Crippen molar-refractivity contribution in [3.8, 4) is 0 Å². The van der Waals surface area contributed by atoms with Gasteiger partial charge in [0.25, 0.3) is 11.5 Å². The molecule has 1 aromatic heterocycles. The average Bonchev–Trinajstić information content (AvgIpc) is 2.72. The van der Waals surface area contributed by atoms with Crippen LogP contribution in [0.15, 0.2) is 96.3 Å². The summed E-state index contributed by atoms with van der Waals surface area (Å²) in [5.41, 5.74) is 2.52. The fourth-order valence-corrected chi connectivity index (χ4v) is 3.58. The molecule has 0 radical (unpaired) electrons. The predicted molar refractivity (Wildman–Crippen MR) is 107 cm³/mol. The van der Waals surface area contributed by atoms with Crippen molar-refractivity contribution in [3.63, 3.8) is 0 Å². The van der Waals surface area contributed by atoms with Crippen molar-refractivity contribution in [1.82, 2.24) is 5.32 Å². The SMILES string of the molecule is CN/C(SCc1ccccc1)=C(\C(=O)c1ccccc1)[n+]1ccccc1. The summed E-state index contributed by atoms with van der Waals surface area (Å²) in [7, 11) is 1.86. The zero-order chi connectivity index (χ0) is 18.2. The van der Waals surface area contributed by atoms with Gasteiger partial charge in [0.15, 0.2) is 12.4 Å². The summed E-state index contributed by atoms with van der Waals surface area (Å²) in [5.74, 6) is 0.780. The number of rotatable bonds is 7. The number of Topliss-reactive ketones (excluding diaryl/α,β-unsaturated/α-hetero) is 1. The van der Waals surface area contributed by atoms with Gasteiger partial charge < -0.3 is 5.32 Å². The average molecular weight is 361 g/mol. The number of pyridine rings is 1. The van der Waals surface area contributed by atoms with Crippen LogP contribution in [0.4, 0.5) is 0 Å². The van der Waals surface area contributed by atoms with Crippen LogP contribution in [0, 0.1) is 0 Å². The standard InChI is InChI=1S/C22H20N2OS/c1-23-22(26-17-18-11-5-2-6-12-18)20(24-15-9-4-10-16-24)21(25)19-13-7-3-8-14-19/h2-16H,17H2,1H3/p+1. The molecule has 0 unspecified atom stereocenters. The highest BCUT2D eigenvalue weighted by molar-refractivity contribution is 8.02. The summed E-state index contributed by atoms with van der Waals surface area (Å²) in [6.45, 7) is 0. The normalized spacial score (nSPS) is 11.6. The van der Waals surface area contributed by atoms with Crippen molar-refractivity contribution in [2.24, 2.45) is 0 Å². The lowest BCUT2D eigenvalue weighted by molar-refractivity contribution is -0.577. The molecule has 2 aromatic carbocycles. The van der Waals surface area contributed by atoms with Gasteiger partial charge in [-0.1, -0.05) is 78.5 Å². The van der Waals surface area contributed by atoms with Gasteiger partial charge in [-0.2, -0.15) is 4.57 Å². The second-order valence-corrected chi connectivity index (χ2v) is 6.67. The second-order valence-electron chi connectivity index (χ2n) is 5.68. The van der Waals surface area contributed by atoms with Crippen LogP contribution < -0.4 is 9.88 Å². The second kappa shape index (κ2) is 9.02. The molecule has 130 valence electrons. The monoisotopic (exact) mass is 361 g/mol. The van der Waals surface area contributed by atoms with Crippen LogP contribution in [0.3, 0.4) is 0 Å². The molecule has 0 spiro atoms. The molecule has 3 aromatic rings. The molecule has 0 atom stereocenters. The van der Waals surface area contributed by atoms with E-state index in [1.165, 1.54) is 5.56 Å². The molecule has 0 fully saturated rings. The first-order valence-corrected chi connectivity index (χ1v) is 9.43. The number of benzene rings is 2. The number of ketones is 1. The van der Waals surface area contributed by atoms with E-state index < -0.39 is 0 Å². The van der Waals surface area contributed by atoms with E-state index in [1.54, 1.807) is 11.8 Å². The van der Waals surface area contributed by atoms with Crippen LogP contribution in [0.2, 0.25) is 0 Å². The Balaban J connectivity index is 1.99. The van der Waals surface area contributed by atoms with Crippen molar-refractivity contribution < 1.29 is 9.36 Å². The van der Waals surface area contributed by atoms with Crippen molar-refractivity contribution in [1.29, 1.82) is 0 Å². The molecule has 0 amide bonds. The number of thioether (sulfide) groups is 1. The molecule has 0 bridgehead atoms. The zero-order valence-corrected chi connectivity index (χ0v) is 15.4. The molecular weight excluding hydrogens is 340 g/mol. The Labute approximate surface area is 158 Å². The van der Waals surface area contributed by atoms with Gasteiger partial charge in [-0.3, -0.25) is 4.79 Å². The maximum atomic E-state index is 13.2. The van der Waals surface area contributed by atoms with E-state index in [9.17, 15) is 4.79 Å². The van der Waals surface area contributed by atoms with Gasteiger partial charge in [-0.05, 0) is 5.56 Å². The summed E-state index contributed by atoms with van der Waals surface area (Å²) in [6, 6.07) is 25.4. The largest absolute Gasteiger partial charge is 0.377 e. The Morgan fingerprint density at radius 2 is 1.46 bits per heavy atom. The summed E-state index contributed by atoms with van der Waals surface area (Å²) >= 11 is 1.63. The minimum absolute atomic E-state index is 0.00767. The van der Waals surface area contributed by atoms with Crippen LogP contribution in [0.1, 0.15) is 15.9 Å². The third kappa shape index (κ3) is 4.41. The van der Waals surface area contributed by atoms with Crippen LogP contribution in [-0.4, -0.2) is 12.8 Å². The molecule has 0 aliphatic rings. The number of hydrogen-bond donors (Lipinski definition) is 1. The molecule has 0 saturated carbocycles. The van der Waals surface area contributed by atoms with E-state index in [0.717, 1.165) is 10.8 Å². The number of hydrogen-bond acceptors (Lipinski definition) is 3. The van der Waals surface area contributed by atoms with Gasteiger partial charge in [-0.25, -0.2) is 0 Å². The van der Waals surface area contributed by atoms with E-state index in [1.807, 2.05) is 90.7 Å². The van der Waals surface area contributed by atoms with E-state index in [2.05, 4.69) is 17.4 Å². The molecule has 0 aliphatic carbocycles. The number of aromatic nitrogens is 1. The van der Waals surface area contributed by atoms with Crippen molar-refractivity contribution >= 4 is 23.2 Å². The summed E-state index contributed by atoms with van der Waals surface area (Å²) in [5, 5.41) is 4.07. The number of nitrogens with one attached hydrogen (secondary N) is 1. The van der Waals surface area contributed by atoms with Crippen LogP contribution >= 0.6 is 11.8 Å². The van der Waals surface area contributed by atoms with E-state index >= 15 is 0 Å². The molecule has 26 heavy (non-hydrogen) atoms. The summed E-state index contributed by atoms with van der Waals surface area (Å²) < 4.78 is 1.87. The molecule has 3 rings (SSSR count). The Morgan fingerprint density at radius 1 is 0.885 bits per heavy atom. The molecule has 0 aliphatic heterocycles. The number of carbonyl (C=O) groups is 1. The number of nitrogens with zero attached hydrogens (tertiary/aromatic N) is 1. The Bertz CT molecular complexity index is 878. The Kier molecular flexibility index (Phi) is 6.23. The van der Waals surface area contributed by atoms with Gasteiger partial charge in [-0.15, -0.1) is 0 Å². The highest BCUT2D eigenvalue weighted by Gasteiger charge is 2.26. The first-order valence-electron chi connectivity index (χ1n) is 8.45. The minimum Gasteiger partial charge on any atom is -0.377 e. The Morgan fingerprint density at radius 3 is 2.08 bits per heavy atom. The van der Waals surface area contributed by atoms with Gasteiger partial charge in [0, 0.05) is 30.5 Å². The maximum Gasteiger partial charge on any atom is 0.288 e. The fourth-order valence-electron chi connectivity index (χ4n) is 2.60. The molecule has 1 N–H and O–H groups in total. The van der Waals surface area contributed by atoms with Gasteiger partial charge in [0.1, 0.15) is 5.03 Å². The molecule has 1 heterocycles. The topological polar surface area (TPSA) is 33.0 Å². The maximum absolute atomic E-state index is 13.2. The number of allylic oxidation sites excluding steroid dienone is 1. The van der Waals surface area contributed by atoms with E-state index in [-0.39, 0.29) is 5.78 Å². The van der Waals surface area contributed by atoms with Crippen LogP contribution in [0.25, 0.3) is 5.70 Å². The number of carbonyl (C=O) groups excluding carboxylic acids is 1. The van der Waals surface area contributed by atoms with Crippen molar-refractivity contribution in [2.75, 3.05) is 7.05 Å². The molecular formula is C22H21N2OS+. The molecule has 4 heteroatoms. The Hall–Kier alpha value is -2.85. The lowest BCUT2D eigenvalue weighted by atomic mass is 10.1. The van der Waals surface area contributed by atoms with Crippen LogP contribution in [0.5, 0.6) is 0 Å². The fraction of sp³-hybridized carbons (Fsp3) is 0.0909. The summed E-state index contributed by atoms with van der Waals surface area (Å²) in [4.78, 5) is 13.2.